The maximum absolute atomic E-state index is 13.8. The highest BCUT2D eigenvalue weighted by atomic mass is 35.5. The molecule has 0 saturated carbocycles. The van der Waals surface area contributed by atoms with Crippen molar-refractivity contribution in [1.82, 2.24) is 0 Å². The highest BCUT2D eigenvalue weighted by molar-refractivity contribution is 6.31. The third-order valence-corrected chi connectivity index (χ3v) is 7.05. The van der Waals surface area contributed by atoms with Gasteiger partial charge in [-0.1, -0.05) is 66.5 Å². The normalized spacial score (nSPS) is 19.7. The molecule has 0 bridgehead atoms. The van der Waals surface area contributed by atoms with Crippen molar-refractivity contribution in [2.45, 2.75) is 38.1 Å². The van der Waals surface area contributed by atoms with E-state index >= 15 is 0 Å². The average molecular weight is 491 g/mol. The van der Waals surface area contributed by atoms with E-state index in [1.54, 1.807) is 11.0 Å². The molecule has 4 nitrogen and oxygen atoms in total. The molecule has 0 spiro atoms. The SMILES string of the molecule is CCC(=O)N1c2ccccc2NC2=C(C(=O)C[C@@H](c3ccc(Cl)cc3)C2)[C@H]1c1cccc(Cl)c1. The van der Waals surface area contributed by atoms with Gasteiger partial charge in [0.25, 0.3) is 0 Å². The molecule has 0 fully saturated rings. The first kappa shape index (κ1) is 22.7. The Bertz CT molecular complexity index is 1300. The van der Waals surface area contributed by atoms with Crippen molar-refractivity contribution < 1.29 is 9.59 Å². The van der Waals surface area contributed by atoms with Crippen LogP contribution in [0.4, 0.5) is 11.4 Å². The van der Waals surface area contributed by atoms with Gasteiger partial charge in [-0.3, -0.25) is 14.5 Å². The van der Waals surface area contributed by atoms with Crippen LogP contribution in [0.25, 0.3) is 0 Å². The second kappa shape index (κ2) is 9.28. The van der Waals surface area contributed by atoms with Crippen molar-refractivity contribution in [1.29, 1.82) is 0 Å². The van der Waals surface area contributed by atoms with E-state index in [2.05, 4.69) is 5.32 Å². The van der Waals surface area contributed by atoms with Crippen LogP contribution in [0.15, 0.2) is 84.1 Å². The van der Waals surface area contributed by atoms with E-state index < -0.39 is 6.04 Å². The van der Waals surface area contributed by atoms with E-state index in [1.807, 2.05) is 73.7 Å². The number of carbonyl (C=O) groups is 2. The number of para-hydroxylation sites is 2. The summed E-state index contributed by atoms with van der Waals surface area (Å²) >= 11 is 12.5. The fourth-order valence-corrected chi connectivity index (χ4v) is 5.32. The number of hydrogen-bond donors (Lipinski definition) is 1. The van der Waals surface area contributed by atoms with Crippen LogP contribution in [0.3, 0.4) is 0 Å². The topological polar surface area (TPSA) is 49.4 Å². The van der Waals surface area contributed by atoms with E-state index in [9.17, 15) is 9.59 Å². The monoisotopic (exact) mass is 490 g/mol. The van der Waals surface area contributed by atoms with E-state index in [-0.39, 0.29) is 17.6 Å². The van der Waals surface area contributed by atoms with Gasteiger partial charge in [0.1, 0.15) is 0 Å². The molecule has 34 heavy (non-hydrogen) atoms. The molecule has 0 unspecified atom stereocenters. The van der Waals surface area contributed by atoms with Crippen molar-refractivity contribution in [3.05, 3.63) is 105 Å². The molecule has 0 saturated heterocycles. The minimum atomic E-state index is -0.559. The second-order valence-corrected chi connectivity index (χ2v) is 9.56. The predicted molar refractivity (Wildman–Crippen MR) is 137 cm³/mol. The zero-order valence-corrected chi connectivity index (χ0v) is 20.2. The molecule has 1 amide bonds. The standard InChI is InChI=1S/C28H24Cl2N2O2/c1-2-26(34)32-24-9-4-3-8-22(24)31-23-15-19(17-10-12-20(29)13-11-17)16-25(33)27(23)28(32)18-6-5-7-21(30)14-18/h3-14,19,28,31H,2,15-16H2,1H3/t19-,28+/m0/s1. The summed E-state index contributed by atoms with van der Waals surface area (Å²) in [6.07, 6.45) is 1.33. The van der Waals surface area contributed by atoms with Crippen molar-refractivity contribution >= 4 is 46.3 Å². The Morgan fingerprint density at radius 1 is 0.941 bits per heavy atom. The molecule has 0 aromatic heterocycles. The third-order valence-electron chi connectivity index (χ3n) is 6.57. The lowest BCUT2D eigenvalue weighted by atomic mass is 9.78. The van der Waals surface area contributed by atoms with Crippen LogP contribution < -0.4 is 10.2 Å². The molecule has 1 aliphatic carbocycles. The smallest absolute Gasteiger partial charge is 0.227 e. The van der Waals surface area contributed by atoms with Gasteiger partial charge in [-0.25, -0.2) is 0 Å². The first-order valence-electron chi connectivity index (χ1n) is 11.4. The number of Topliss-reactive ketones (excluding diaryl/α,β-unsaturated/α-hetero) is 1. The Balaban J connectivity index is 1.70. The number of rotatable bonds is 3. The number of amides is 1. The summed E-state index contributed by atoms with van der Waals surface area (Å²) < 4.78 is 0. The Hall–Kier alpha value is -3.08. The molecule has 6 heteroatoms. The fourth-order valence-electron chi connectivity index (χ4n) is 5.00. The van der Waals surface area contributed by atoms with Gasteiger partial charge in [0.15, 0.2) is 5.78 Å². The number of benzene rings is 3. The molecule has 1 N–H and O–H groups in total. The number of allylic oxidation sites excluding steroid dienone is 1. The molecule has 3 aromatic rings. The quantitative estimate of drug-likeness (QED) is 0.418. The number of carbonyl (C=O) groups excluding carboxylic acids is 2. The second-order valence-electron chi connectivity index (χ2n) is 8.69. The zero-order chi connectivity index (χ0) is 23.8. The third kappa shape index (κ3) is 4.13. The fraction of sp³-hybridized carbons (Fsp3) is 0.214. The van der Waals surface area contributed by atoms with Gasteiger partial charge in [0.2, 0.25) is 5.91 Å². The molecule has 2 aliphatic rings. The summed E-state index contributed by atoms with van der Waals surface area (Å²) in [7, 11) is 0. The van der Waals surface area contributed by atoms with Crippen LogP contribution in [0.5, 0.6) is 0 Å². The van der Waals surface area contributed by atoms with Crippen molar-refractivity contribution in [2.75, 3.05) is 10.2 Å². The molecule has 2 atom stereocenters. The van der Waals surface area contributed by atoms with E-state index in [0.717, 1.165) is 28.2 Å². The Labute approximate surface area is 209 Å². The Morgan fingerprint density at radius 2 is 1.71 bits per heavy atom. The van der Waals surface area contributed by atoms with Gasteiger partial charge >= 0.3 is 0 Å². The van der Waals surface area contributed by atoms with Crippen LogP contribution in [0.2, 0.25) is 10.0 Å². The number of nitrogens with zero attached hydrogens (tertiary/aromatic N) is 1. The van der Waals surface area contributed by atoms with Crippen LogP contribution in [-0.2, 0) is 9.59 Å². The maximum Gasteiger partial charge on any atom is 0.227 e. The number of anilines is 2. The predicted octanol–water partition coefficient (Wildman–Crippen LogP) is 7.30. The first-order chi connectivity index (χ1) is 16.5. The van der Waals surface area contributed by atoms with Crippen LogP contribution in [-0.4, -0.2) is 11.7 Å². The summed E-state index contributed by atoms with van der Waals surface area (Å²) in [4.78, 5) is 28.9. The largest absolute Gasteiger partial charge is 0.357 e. The van der Waals surface area contributed by atoms with Crippen molar-refractivity contribution in [2.24, 2.45) is 0 Å². The lowest BCUT2D eigenvalue weighted by Gasteiger charge is -2.35. The van der Waals surface area contributed by atoms with Gasteiger partial charge in [0.05, 0.1) is 17.4 Å². The van der Waals surface area contributed by atoms with Crippen molar-refractivity contribution in [3.8, 4) is 0 Å². The zero-order valence-electron chi connectivity index (χ0n) is 18.7. The Morgan fingerprint density at radius 3 is 2.44 bits per heavy atom. The van der Waals surface area contributed by atoms with Crippen LogP contribution in [0.1, 0.15) is 49.3 Å². The minimum absolute atomic E-state index is 0.0246. The van der Waals surface area contributed by atoms with Gasteiger partial charge in [-0.05, 0) is 59.9 Å². The molecule has 1 heterocycles. The molecular weight excluding hydrogens is 467 g/mol. The highest BCUT2D eigenvalue weighted by Gasteiger charge is 2.41. The van der Waals surface area contributed by atoms with Gasteiger partial charge in [-0.15, -0.1) is 0 Å². The highest BCUT2D eigenvalue weighted by Crippen LogP contribution is 2.47. The van der Waals surface area contributed by atoms with Gasteiger partial charge in [0, 0.05) is 34.2 Å². The molecule has 5 rings (SSSR count). The summed E-state index contributed by atoms with van der Waals surface area (Å²) in [5.41, 5.74) is 4.93. The number of fused-ring (bicyclic) bond motifs is 1. The summed E-state index contributed by atoms with van der Waals surface area (Å²) in [5, 5.41) is 4.77. The van der Waals surface area contributed by atoms with E-state index in [1.165, 1.54) is 0 Å². The first-order valence-corrected chi connectivity index (χ1v) is 12.2. The molecule has 0 radical (unpaired) electrons. The van der Waals surface area contributed by atoms with E-state index in [4.69, 9.17) is 23.2 Å². The van der Waals surface area contributed by atoms with Gasteiger partial charge < -0.3 is 5.32 Å². The van der Waals surface area contributed by atoms with Crippen LogP contribution >= 0.6 is 23.2 Å². The van der Waals surface area contributed by atoms with Crippen LogP contribution in [0, 0.1) is 0 Å². The minimum Gasteiger partial charge on any atom is -0.357 e. The maximum atomic E-state index is 13.8. The number of halogens is 2. The number of ketones is 1. The summed E-state index contributed by atoms with van der Waals surface area (Å²) in [6.45, 7) is 1.84. The lowest BCUT2D eigenvalue weighted by molar-refractivity contribution is -0.119. The summed E-state index contributed by atoms with van der Waals surface area (Å²) in [6, 6.07) is 22.3. The lowest BCUT2D eigenvalue weighted by Crippen LogP contribution is -2.38. The molecule has 172 valence electrons. The number of nitrogens with one attached hydrogen (secondary N) is 1. The molecular formula is C28H24Cl2N2O2. The van der Waals surface area contributed by atoms with E-state index in [0.29, 0.717) is 34.9 Å². The molecule has 3 aromatic carbocycles. The Kier molecular flexibility index (Phi) is 6.20. The van der Waals surface area contributed by atoms with Gasteiger partial charge in [-0.2, -0.15) is 0 Å². The molecule has 1 aliphatic heterocycles. The average Bonchev–Trinajstić information content (AvgIpc) is 2.98. The number of hydrogen-bond acceptors (Lipinski definition) is 3. The van der Waals surface area contributed by atoms with Crippen molar-refractivity contribution in [3.63, 3.8) is 0 Å². The summed E-state index contributed by atoms with van der Waals surface area (Å²) in [5.74, 6) is -0.00222.